The topological polar surface area (TPSA) is 87.5 Å². The average molecular weight is 316 g/mol. The number of anilines is 1. The second-order valence-corrected chi connectivity index (χ2v) is 6.17. The first-order valence-electron chi connectivity index (χ1n) is 7.73. The van der Waals surface area contributed by atoms with Crippen LogP contribution in [0.15, 0.2) is 24.3 Å². The first-order chi connectivity index (χ1) is 11.0. The van der Waals surface area contributed by atoms with Crippen LogP contribution in [0.5, 0.6) is 0 Å². The summed E-state index contributed by atoms with van der Waals surface area (Å²) in [5, 5.41) is 11.9. The normalized spacial score (nSPS) is 15.0. The summed E-state index contributed by atoms with van der Waals surface area (Å²) < 4.78 is 1.98. The van der Waals surface area contributed by atoms with E-state index in [1.807, 2.05) is 42.7 Å². The zero-order chi connectivity index (χ0) is 16.6. The van der Waals surface area contributed by atoms with Crippen LogP contribution < -0.4 is 10.2 Å². The maximum Gasteiger partial charge on any atom is 0.326 e. The van der Waals surface area contributed by atoms with Crippen molar-refractivity contribution in [2.75, 3.05) is 11.4 Å². The molecule has 1 aromatic heterocycles. The SMILES string of the molecule is CC(C)C[C@@H](NC(=O)N1CCn2c1nc1ccccc12)C(=O)O. The summed E-state index contributed by atoms with van der Waals surface area (Å²) in [6.45, 7) is 5.01. The van der Waals surface area contributed by atoms with Crippen LogP contribution in [-0.4, -0.2) is 39.2 Å². The summed E-state index contributed by atoms with van der Waals surface area (Å²) in [5.74, 6) is -0.267. The number of amides is 2. The van der Waals surface area contributed by atoms with Crippen LogP contribution in [0.2, 0.25) is 0 Å². The molecule has 0 fully saturated rings. The predicted octanol–water partition coefficient (Wildman–Crippen LogP) is 2.07. The molecule has 0 unspecified atom stereocenters. The molecule has 1 atom stereocenters. The fourth-order valence-electron chi connectivity index (χ4n) is 2.90. The molecule has 0 saturated heterocycles. The number of aliphatic carboxylic acids is 1. The number of para-hydroxylation sites is 2. The number of hydrogen-bond donors (Lipinski definition) is 2. The fraction of sp³-hybridized carbons (Fsp3) is 0.438. The zero-order valence-corrected chi connectivity index (χ0v) is 13.2. The molecule has 1 aliphatic rings. The maximum absolute atomic E-state index is 12.5. The predicted molar refractivity (Wildman–Crippen MR) is 86.5 cm³/mol. The van der Waals surface area contributed by atoms with E-state index in [-0.39, 0.29) is 5.92 Å². The lowest BCUT2D eigenvalue weighted by Crippen LogP contribution is -2.48. The molecule has 0 radical (unpaired) electrons. The quantitative estimate of drug-likeness (QED) is 0.904. The third-order valence-corrected chi connectivity index (χ3v) is 3.97. The number of carbonyl (C=O) groups is 2. The Labute approximate surface area is 133 Å². The van der Waals surface area contributed by atoms with Gasteiger partial charge in [0.2, 0.25) is 5.95 Å². The van der Waals surface area contributed by atoms with E-state index in [9.17, 15) is 14.7 Å². The smallest absolute Gasteiger partial charge is 0.326 e. The third-order valence-electron chi connectivity index (χ3n) is 3.97. The number of fused-ring (bicyclic) bond motifs is 3. The molecular weight excluding hydrogens is 296 g/mol. The molecule has 2 aromatic rings. The van der Waals surface area contributed by atoms with Crippen LogP contribution in [-0.2, 0) is 11.3 Å². The van der Waals surface area contributed by atoms with Gasteiger partial charge in [0, 0.05) is 13.1 Å². The molecule has 2 N–H and O–H groups in total. The number of benzene rings is 1. The highest BCUT2D eigenvalue weighted by atomic mass is 16.4. The standard InChI is InChI=1S/C16H20N4O3/c1-10(2)9-12(14(21)22)18-16(23)20-8-7-19-13-6-4-3-5-11(13)17-15(19)20/h3-6,10,12H,7-9H2,1-2H3,(H,18,23)(H,21,22)/t12-/m1/s1. The number of imidazole rings is 1. The number of carboxylic acids is 1. The second kappa shape index (κ2) is 5.91. The summed E-state index contributed by atoms with van der Waals surface area (Å²) in [5.41, 5.74) is 1.81. The molecule has 1 aliphatic heterocycles. The minimum absolute atomic E-state index is 0.180. The number of nitrogens with zero attached hydrogens (tertiary/aromatic N) is 3. The first-order valence-corrected chi connectivity index (χ1v) is 7.73. The summed E-state index contributed by atoms with van der Waals surface area (Å²) >= 11 is 0. The van der Waals surface area contributed by atoms with Crippen LogP contribution in [0.25, 0.3) is 11.0 Å². The highest BCUT2D eigenvalue weighted by Crippen LogP contribution is 2.27. The van der Waals surface area contributed by atoms with Crippen molar-refractivity contribution < 1.29 is 14.7 Å². The molecule has 3 rings (SSSR count). The van der Waals surface area contributed by atoms with Gasteiger partial charge in [0.05, 0.1) is 11.0 Å². The van der Waals surface area contributed by atoms with Crippen molar-refractivity contribution >= 4 is 29.0 Å². The Kier molecular flexibility index (Phi) is 3.94. The van der Waals surface area contributed by atoms with Crippen LogP contribution in [0.4, 0.5) is 10.7 Å². The van der Waals surface area contributed by atoms with E-state index in [1.54, 1.807) is 0 Å². The van der Waals surface area contributed by atoms with Gasteiger partial charge in [-0.2, -0.15) is 0 Å². The Morgan fingerprint density at radius 1 is 1.30 bits per heavy atom. The number of carboxylic acid groups (broad SMARTS) is 1. The highest BCUT2D eigenvalue weighted by molar-refractivity contribution is 5.95. The van der Waals surface area contributed by atoms with Crippen LogP contribution >= 0.6 is 0 Å². The molecule has 122 valence electrons. The van der Waals surface area contributed by atoms with Crippen molar-refractivity contribution in [3.63, 3.8) is 0 Å². The third kappa shape index (κ3) is 2.86. The first kappa shape index (κ1) is 15.3. The monoisotopic (exact) mass is 316 g/mol. The molecule has 23 heavy (non-hydrogen) atoms. The van der Waals surface area contributed by atoms with Crippen LogP contribution in [0.3, 0.4) is 0 Å². The molecule has 0 aliphatic carbocycles. The molecule has 7 heteroatoms. The van der Waals surface area contributed by atoms with E-state index in [0.717, 1.165) is 11.0 Å². The number of hydrogen-bond acceptors (Lipinski definition) is 3. The van der Waals surface area contributed by atoms with Gasteiger partial charge in [-0.25, -0.2) is 14.6 Å². The van der Waals surface area contributed by atoms with E-state index < -0.39 is 18.0 Å². The van der Waals surface area contributed by atoms with Gasteiger partial charge < -0.3 is 15.0 Å². The minimum Gasteiger partial charge on any atom is -0.480 e. The minimum atomic E-state index is -1.01. The number of carbonyl (C=O) groups excluding carboxylic acids is 1. The van der Waals surface area contributed by atoms with Crippen molar-refractivity contribution in [2.45, 2.75) is 32.9 Å². The molecule has 0 bridgehead atoms. The van der Waals surface area contributed by atoms with Crippen LogP contribution in [0, 0.1) is 5.92 Å². The number of urea groups is 1. The molecule has 1 aromatic carbocycles. The van der Waals surface area contributed by atoms with E-state index in [4.69, 9.17) is 0 Å². The lowest BCUT2D eigenvalue weighted by Gasteiger charge is -2.20. The summed E-state index contributed by atoms with van der Waals surface area (Å²) in [6.07, 6.45) is 0.394. The Morgan fingerprint density at radius 3 is 2.74 bits per heavy atom. The Hall–Kier alpha value is -2.57. The van der Waals surface area contributed by atoms with Crippen molar-refractivity contribution in [1.82, 2.24) is 14.9 Å². The molecule has 2 heterocycles. The maximum atomic E-state index is 12.5. The van der Waals surface area contributed by atoms with E-state index in [2.05, 4.69) is 10.3 Å². The van der Waals surface area contributed by atoms with Gasteiger partial charge in [0.1, 0.15) is 6.04 Å². The summed E-state index contributed by atoms with van der Waals surface area (Å²) in [4.78, 5) is 29.8. The van der Waals surface area contributed by atoms with Gasteiger partial charge in [-0.15, -0.1) is 0 Å². The Morgan fingerprint density at radius 2 is 2.04 bits per heavy atom. The van der Waals surface area contributed by atoms with Crippen molar-refractivity contribution in [3.05, 3.63) is 24.3 Å². The van der Waals surface area contributed by atoms with Crippen molar-refractivity contribution in [1.29, 1.82) is 0 Å². The number of aromatic nitrogens is 2. The second-order valence-electron chi connectivity index (χ2n) is 6.17. The number of nitrogens with one attached hydrogen (secondary N) is 1. The molecule has 7 nitrogen and oxygen atoms in total. The fourth-order valence-corrected chi connectivity index (χ4v) is 2.90. The zero-order valence-electron chi connectivity index (χ0n) is 13.2. The van der Waals surface area contributed by atoms with E-state index in [1.165, 1.54) is 4.90 Å². The van der Waals surface area contributed by atoms with Gasteiger partial charge in [-0.05, 0) is 24.5 Å². The van der Waals surface area contributed by atoms with Gasteiger partial charge in [0.25, 0.3) is 0 Å². The molecule has 2 amide bonds. The molecule has 0 spiro atoms. The lowest BCUT2D eigenvalue weighted by atomic mass is 10.0. The highest BCUT2D eigenvalue weighted by Gasteiger charge is 2.31. The molecule has 0 saturated carbocycles. The average Bonchev–Trinajstić information content (AvgIpc) is 3.04. The van der Waals surface area contributed by atoms with Gasteiger partial charge in [-0.3, -0.25) is 4.90 Å². The summed E-state index contributed by atoms with van der Waals surface area (Å²) in [7, 11) is 0. The van der Waals surface area contributed by atoms with E-state index >= 15 is 0 Å². The van der Waals surface area contributed by atoms with Gasteiger partial charge >= 0.3 is 12.0 Å². The van der Waals surface area contributed by atoms with Crippen molar-refractivity contribution in [2.24, 2.45) is 5.92 Å². The summed E-state index contributed by atoms with van der Waals surface area (Å²) in [6, 6.07) is 6.40. The lowest BCUT2D eigenvalue weighted by molar-refractivity contribution is -0.139. The van der Waals surface area contributed by atoms with E-state index in [0.29, 0.717) is 25.5 Å². The Balaban J connectivity index is 1.81. The Bertz CT molecular complexity index is 753. The molecular formula is C16H20N4O3. The largest absolute Gasteiger partial charge is 0.480 e. The van der Waals surface area contributed by atoms with Crippen LogP contribution in [0.1, 0.15) is 20.3 Å². The van der Waals surface area contributed by atoms with Gasteiger partial charge in [-0.1, -0.05) is 26.0 Å². The van der Waals surface area contributed by atoms with Crippen molar-refractivity contribution in [3.8, 4) is 0 Å². The number of rotatable bonds is 4. The van der Waals surface area contributed by atoms with Gasteiger partial charge in [0.15, 0.2) is 0 Å².